The molecule has 4 N–H and O–H groups in total. The maximum atomic E-state index is 14.0. The lowest BCUT2D eigenvalue weighted by Crippen LogP contribution is -2.26. The molecule has 5 aromatic rings. The second-order valence-electron chi connectivity index (χ2n) is 8.56. The van der Waals surface area contributed by atoms with E-state index in [4.69, 9.17) is 9.47 Å². The van der Waals surface area contributed by atoms with Gasteiger partial charge in [-0.25, -0.2) is 19.0 Å². The van der Waals surface area contributed by atoms with Crippen molar-refractivity contribution < 1.29 is 29.3 Å². The first-order valence-electron chi connectivity index (χ1n) is 12.3. The SMILES string of the molecule is CCOC(=O)c1c(O)n(-c2ccccc2)[nH]c2c(=O)c3c(C(=O)OCC)c(O)n(-c4ccccc4)[nH]c3c(=O)c12. The summed E-state index contributed by atoms with van der Waals surface area (Å²) in [5.74, 6) is -3.43. The molecule has 2 aromatic heterocycles. The molecule has 40 heavy (non-hydrogen) atoms. The fraction of sp³-hybridized carbons (Fsp3) is 0.143. The summed E-state index contributed by atoms with van der Waals surface area (Å²) in [6, 6.07) is 16.5. The number of benzene rings is 3. The third kappa shape index (κ3) is 4.11. The van der Waals surface area contributed by atoms with Crippen LogP contribution >= 0.6 is 0 Å². The molecule has 0 spiro atoms. The molecule has 5 rings (SSSR count). The van der Waals surface area contributed by atoms with Crippen LogP contribution in [0.4, 0.5) is 0 Å². The van der Waals surface area contributed by atoms with Gasteiger partial charge in [0.2, 0.25) is 22.6 Å². The van der Waals surface area contributed by atoms with Gasteiger partial charge in [0.1, 0.15) is 22.2 Å². The summed E-state index contributed by atoms with van der Waals surface area (Å²) < 4.78 is 12.3. The van der Waals surface area contributed by atoms with Crippen molar-refractivity contribution in [3.05, 3.63) is 92.2 Å². The quantitative estimate of drug-likeness (QED) is 0.186. The van der Waals surface area contributed by atoms with Gasteiger partial charge in [0.25, 0.3) is 0 Å². The van der Waals surface area contributed by atoms with Gasteiger partial charge >= 0.3 is 11.9 Å². The maximum Gasteiger partial charge on any atom is 0.344 e. The number of rotatable bonds is 6. The van der Waals surface area contributed by atoms with Gasteiger partial charge in [0.05, 0.1) is 35.4 Å². The molecule has 0 saturated carbocycles. The second kappa shape index (κ2) is 10.3. The van der Waals surface area contributed by atoms with Crippen molar-refractivity contribution in [1.82, 2.24) is 19.6 Å². The van der Waals surface area contributed by atoms with Gasteiger partial charge in [-0.3, -0.25) is 19.8 Å². The van der Waals surface area contributed by atoms with E-state index in [0.29, 0.717) is 11.4 Å². The number of para-hydroxylation sites is 2. The third-order valence-corrected chi connectivity index (χ3v) is 6.21. The molecule has 0 fully saturated rings. The van der Waals surface area contributed by atoms with E-state index in [1.807, 2.05) is 0 Å². The van der Waals surface area contributed by atoms with Crippen molar-refractivity contribution in [2.24, 2.45) is 0 Å². The lowest BCUT2D eigenvalue weighted by atomic mass is 10.0. The van der Waals surface area contributed by atoms with Crippen molar-refractivity contribution in [3.63, 3.8) is 0 Å². The molecule has 204 valence electrons. The van der Waals surface area contributed by atoms with E-state index < -0.39 is 67.5 Å². The number of carbonyl (C=O) groups is 2. The Balaban J connectivity index is 2.03. The summed E-state index contributed by atoms with van der Waals surface area (Å²) in [4.78, 5) is 54.2. The number of nitrogens with one attached hydrogen (secondary N) is 2. The van der Waals surface area contributed by atoms with Crippen LogP contribution in [0.25, 0.3) is 33.2 Å². The zero-order valence-corrected chi connectivity index (χ0v) is 21.4. The number of carbonyl (C=O) groups excluding carboxylic acids is 2. The fourth-order valence-corrected chi connectivity index (χ4v) is 4.49. The average molecular weight is 545 g/mol. The van der Waals surface area contributed by atoms with Crippen molar-refractivity contribution in [3.8, 4) is 23.1 Å². The van der Waals surface area contributed by atoms with Gasteiger partial charge in [0.15, 0.2) is 0 Å². The predicted octanol–water partition coefficient (Wildman–Crippen LogP) is 3.28. The molecule has 0 atom stereocenters. The molecule has 0 aliphatic heterocycles. The van der Waals surface area contributed by atoms with Crippen LogP contribution in [0.2, 0.25) is 0 Å². The van der Waals surface area contributed by atoms with Crippen LogP contribution < -0.4 is 10.9 Å². The first-order chi connectivity index (χ1) is 19.3. The van der Waals surface area contributed by atoms with E-state index >= 15 is 0 Å². The average Bonchev–Trinajstić information content (AvgIpc) is 2.96. The van der Waals surface area contributed by atoms with Crippen molar-refractivity contribution >= 4 is 33.7 Å². The Morgan fingerprint density at radius 3 is 1.35 bits per heavy atom. The van der Waals surface area contributed by atoms with E-state index in [1.165, 1.54) is 0 Å². The minimum atomic E-state index is -1.04. The van der Waals surface area contributed by atoms with Crippen molar-refractivity contribution in [2.45, 2.75) is 13.8 Å². The normalized spacial score (nSPS) is 11.1. The van der Waals surface area contributed by atoms with Gasteiger partial charge in [-0.1, -0.05) is 36.4 Å². The van der Waals surface area contributed by atoms with Crippen LogP contribution in [0.1, 0.15) is 34.6 Å². The Hall–Kier alpha value is -5.52. The zero-order valence-electron chi connectivity index (χ0n) is 21.4. The number of aromatic hydroxyl groups is 2. The number of fused-ring (bicyclic) bond motifs is 2. The van der Waals surface area contributed by atoms with Gasteiger partial charge in [-0.05, 0) is 38.1 Å². The van der Waals surface area contributed by atoms with Crippen LogP contribution in [-0.4, -0.2) is 54.9 Å². The molecule has 0 bridgehead atoms. The second-order valence-corrected chi connectivity index (χ2v) is 8.56. The Morgan fingerprint density at radius 1 is 0.675 bits per heavy atom. The van der Waals surface area contributed by atoms with Crippen LogP contribution in [0.5, 0.6) is 11.8 Å². The molecule has 0 saturated heterocycles. The van der Waals surface area contributed by atoms with Gasteiger partial charge < -0.3 is 19.7 Å². The predicted molar refractivity (Wildman–Crippen MR) is 145 cm³/mol. The maximum absolute atomic E-state index is 14.0. The topological polar surface area (TPSA) is 169 Å². The lowest BCUT2D eigenvalue weighted by molar-refractivity contribution is 0.0513. The molecule has 0 aliphatic rings. The highest BCUT2D eigenvalue weighted by Crippen LogP contribution is 2.30. The largest absolute Gasteiger partial charge is 0.493 e. The smallest absolute Gasteiger partial charge is 0.344 e. The molecule has 12 heteroatoms. The number of nitrogens with zero attached hydrogens (tertiary/aromatic N) is 2. The fourth-order valence-electron chi connectivity index (χ4n) is 4.49. The molecule has 0 amide bonds. The highest BCUT2D eigenvalue weighted by atomic mass is 16.5. The van der Waals surface area contributed by atoms with E-state index in [0.717, 1.165) is 9.36 Å². The Morgan fingerprint density at radius 2 is 1.02 bits per heavy atom. The molecule has 0 radical (unpaired) electrons. The van der Waals surface area contributed by atoms with Crippen molar-refractivity contribution in [1.29, 1.82) is 0 Å². The number of H-pyrrole nitrogens is 2. The third-order valence-electron chi connectivity index (χ3n) is 6.21. The summed E-state index contributed by atoms with van der Waals surface area (Å²) in [7, 11) is 0. The number of hydrogen-bond acceptors (Lipinski definition) is 8. The molecular formula is C28H24N4O8. The van der Waals surface area contributed by atoms with Crippen LogP contribution in [-0.2, 0) is 9.47 Å². The zero-order chi connectivity index (χ0) is 28.6. The summed E-state index contributed by atoms with van der Waals surface area (Å²) >= 11 is 0. The van der Waals surface area contributed by atoms with E-state index in [1.54, 1.807) is 74.5 Å². The summed E-state index contributed by atoms with van der Waals surface area (Å²) in [6.07, 6.45) is 0. The summed E-state index contributed by atoms with van der Waals surface area (Å²) in [6.45, 7) is 2.96. The van der Waals surface area contributed by atoms with E-state index in [-0.39, 0.29) is 13.2 Å². The number of ether oxygens (including phenoxy) is 2. The standard InChI is InChI=1S/C28H24N4O8/c1-3-39-27(37)19-17-21(29-31(25(19)35)15-11-7-5-8-12-15)24(34)18-20(28(38)40-4-2)26(36)32(30-22(18)23(17)33)16-13-9-6-10-14-16/h5-14,29-30,35-36H,3-4H2,1-2H3. The van der Waals surface area contributed by atoms with Crippen LogP contribution in [0.3, 0.4) is 0 Å². The Labute approximate surface area is 225 Å². The number of hydrogen-bond donors (Lipinski definition) is 4. The number of esters is 2. The van der Waals surface area contributed by atoms with E-state index in [9.17, 15) is 29.4 Å². The van der Waals surface area contributed by atoms with E-state index in [2.05, 4.69) is 10.2 Å². The summed E-state index contributed by atoms with van der Waals surface area (Å²) in [5, 5.41) is 26.8. The minimum absolute atomic E-state index is 0.0727. The number of aromatic amines is 2. The van der Waals surface area contributed by atoms with Crippen LogP contribution in [0.15, 0.2) is 70.3 Å². The summed E-state index contributed by atoms with van der Waals surface area (Å²) in [5.41, 5.74) is -3.06. The first kappa shape index (κ1) is 26.1. The van der Waals surface area contributed by atoms with Gasteiger partial charge in [0, 0.05) is 0 Å². The highest BCUT2D eigenvalue weighted by Gasteiger charge is 2.30. The Kier molecular flexibility index (Phi) is 6.74. The molecule has 0 aliphatic carbocycles. The first-order valence-corrected chi connectivity index (χ1v) is 12.3. The Bertz CT molecular complexity index is 1770. The number of aromatic nitrogens is 4. The highest BCUT2D eigenvalue weighted by molar-refractivity contribution is 6.12. The van der Waals surface area contributed by atoms with Crippen molar-refractivity contribution in [2.75, 3.05) is 13.2 Å². The molecule has 2 heterocycles. The monoisotopic (exact) mass is 544 g/mol. The van der Waals surface area contributed by atoms with Crippen LogP contribution in [0, 0.1) is 0 Å². The molecule has 0 unspecified atom stereocenters. The molecular weight excluding hydrogens is 520 g/mol. The minimum Gasteiger partial charge on any atom is -0.493 e. The van der Waals surface area contributed by atoms with Gasteiger partial charge in [-0.15, -0.1) is 0 Å². The molecule has 12 nitrogen and oxygen atoms in total. The van der Waals surface area contributed by atoms with Gasteiger partial charge in [-0.2, -0.15) is 0 Å². The lowest BCUT2D eigenvalue weighted by Gasteiger charge is -2.18. The molecule has 3 aromatic carbocycles.